The molecule has 8 heteroatoms. The van der Waals surface area contributed by atoms with Crippen LogP contribution in [0.4, 0.5) is 5.82 Å². The van der Waals surface area contributed by atoms with Crippen molar-refractivity contribution < 1.29 is 14.3 Å². The summed E-state index contributed by atoms with van der Waals surface area (Å²) >= 11 is 12.3. The van der Waals surface area contributed by atoms with Crippen molar-refractivity contribution in [3.05, 3.63) is 51.6 Å². The second kappa shape index (κ2) is 8.80. The lowest BCUT2D eigenvalue weighted by atomic mass is 9.86. The van der Waals surface area contributed by atoms with E-state index in [1.54, 1.807) is 18.2 Å². The number of hydrogen-bond acceptors (Lipinski definition) is 5. The summed E-state index contributed by atoms with van der Waals surface area (Å²) in [4.78, 5) is 28.6. The summed E-state index contributed by atoms with van der Waals surface area (Å²) in [6.45, 7) is 2.15. The van der Waals surface area contributed by atoms with Gasteiger partial charge in [-0.1, -0.05) is 36.2 Å². The van der Waals surface area contributed by atoms with Crippen LogP contribution in [0.15, 0.2) is 30.5 Å². The second-order valence-electron chi connectivity index (χ2n) is 6.97. The van der Waals surface area contributed by atoms with Gasteiger partial charge in [-0.25, -0.2) is 4.98 Å². The summed E-state index contributed by atoms with van der Waals surface area (Å²) in [5.74, 6) is 0.445. The van der Waals surface area contributed by atoms with Crippen LogP contribution >= 0.6 is 23.2 Å². The molecule has 1 amide bonds. The fourth-order valence-corrected chi connectivity index (χ4v) is 3.62. The van der Waals surface area contributed by atoms with Gasteiger partial charge in [0.1, 0.15) is 6.61 Å². The molecule has 2 unspecified atom stereocenters. The van der Waals surface area contributed by atoms with E-state index < -0.39 is 6.04 Å². The van der Waals surface area contributed by atoms with Gasteiger partial charge in [0, 0.05) is 28.2 Å². The Balaban J connectivity index is 1.72. The SMILES string of the molecule is CC1CCC(=O)C(NC(=O)c2cnc(N)c(OCc3c(Cl)cccc3Cl)c2)C1. The third kappa shape index (κ3) is 4.75. The molecule has 1 aliphatic carbocycles. The molecule has 0 radical (unpaired) electrons. The van der Waals surface area contributed by atoms with Gasteiger partial charge in [-0.15, -0.1) is 0 Å². The first kappa shape index (κ1) is 20.4. The normalized spacial score (nSPS) is 19.3. The smallest absolute Gasteiger partial charge is 0.253 e. The lowest BCUT2D eigenvalue weighted by molar-refractivity contribution is -0.123. The Kier molecular flexibility index (Phi) is 6.42. The zero-order valence-corrected chi connectivity index (χ0v) is 16.9. The topological polar surface area (TPSA) is 94.3 Å². The van der Waals surface area contributed by atoms with Crippen molar-refractivity contribution >= 4 is 40.7 Å². The number of Topliss-reactive ketones (excluding diaryl/α,β-unsaturated/α-hetero) is 1. The number of halogens is 2. The maximum absolute atomic E-state index is 12.6. The van der Waals surface area contributed by atoms with Crippen LogP contribution in [0, 0.1) is 5.92 Å². The number of aromatic nitrogens is 1. The number of rotatable bonds is 5. The molecule has 3 N–H and O–H groups in total. The van der Waals surface area contributed by atoms with E-state index in [4.69, 9.17) is 33.7 Å². The van der Waals surface area contributed by atoms with E-state index in [1.807, 2.05) is 0 Å². The molecular formula is C20H21Cl2N3O3. The molecule has 2 atom stereocenters. The molecule has 1 aromatic carbocycles. The van der Waals surface area contributed by atoms with Gasteiger partial charge in [0.25, 0.3) is 5.91 Å². The molecular weight excluding hydrogens is 401 g/mol. The summed E-state index contributed by atoms with van der Waals surface area (Å²) in [7, 11) is 0. The number of benzene rings is 1. The Hall–Kier alpha value is -2.31. The quantitative estimate of drug-likeness (QED) is 0.759. The van der Waals surface area contributed by atoms with Gasteiger partial charge in [0.15, 0.2) is 17.4 Å². The Morgan fingerprint density at radius 3 is 2.79 bits per heavy atom. The number of carbonyl (C=O) groups excluding carboxylic acids is 2. The fourth-order valence-electron chi connectivity index (χ4n) is 3.11. The molecule has 0 aliphatic heterocycles. The molecule has 28 heavy (non-hydrogen) atoms. The summed E-state index contributed by atoms with van der Waals surface area (Å²) < 4.78 is 5.70. The minimum absolute atomic E-state index is 0.0553. The highest BCUT2D eigenvalue weighted by Gasteiger charge is 2.28. The number of carbonyl (C=O) groups is 2. The molecule has 1 heterocycles. The van der Waals surface area contributed by atoms with E-state index >= 15 is 0 Å². The monoisotopic (exact) mass is 421 g/mol. The van der Waals surface area contributed by atoms with Gasteiger partial charge in [-0.2, -0.15) is 0 Å². The fraction of sp³-hybridized carbons (Fsp3) is 0.350. The Morgan fingerprint density at radius 1 is 1.36 bits per heavy atom. The minimum Gasteiger partial charge on any atom is -0.485 e. The van der Waals surface area contributed by atoms with Crippen molar-refractivity contribution in [2.45, 2.75) is 38.8 Å². The van der Waals surface area contributed by atoms with Crippen LogP contribution < -0.4 is 15.8 Å². The molecule has 1 saturated carbocycles. The molecule has 0 saturated heterocycles. The maximum Gasteiger partial charge on any atom is 0.253 e. The van der Waals surface area contributed by atoms with Crippen molar-refractivity contribution in [3.8, 4) is 5.75 Å². The first-order valence-electron chi connectivity index (χ1n) is 9.00. The first-order valence-corrected chi connectivity index (χ1v) is 9.75. The molecule has 148 valence electrons. The molecule has 2 aromatic rings. The van der Waals surface area contributed by atoms with Crippen LogP contribution in [-0.2, 0) is 11.4 Å². The molecule has 1 aromatic heterocycles. The van der Waals surface area contributed by atoms with Gasteiger partial charge in [-0.05, 0) is 37.0 Å². The van der Waals surface area contributed by atoms with E-state index in [2.05, 4.69) is 17.2 Å². The minimum atomic E-state index is -0.472. The number of ketones is 1. The Labute approximate surface area is 173 Å². The van der Waals surface area contributed by atoms with Gasteiger partial charge in [0.05, 0.1) is 11.6 Å². The standard InChI is InChI=1S/C20H21Cl2N3O3/c1-11-5-6-17(26)16(7-11)25-20(27)12-8-18(19(23)24-9-12)28-10-13-14(21)3-2-4-15(13)22/h2-4,8-9,11,16H,5-7,10H2,1H3,(H2,23,24)(H,25,27). The number of hydrogen-bond donors (Lipinski definition) is 2. The van der Waals surface area contributed by atoms with Crippen molar-refractivity contribution in [2.24, 2.45) is 5.92 Å². The number of nitrogens with two attached hydrogens (primary N) is 1. The lowest BCUT2D eigenvalue weighted by Crippen LogP contribution is -2.44. The van der Waals surface area contributed by atoms with Gasteiger partial charge < -0.3 is 15.8 Å². The van der Waals surface area contributed by atoms with Gasteiger partial charge in [0.2, 0.25) is 0 Å². The van der Waals surface area contributed by atoms with Crippen molar-refractivity contribution in [3.63, 3.8) is 0 Å². The predicted molar refractivity (Wildman–Crippen MR) is 109 cm³/mol. The molecule has 6 nitrogen and oxygen atoms in total. The Morgan fingerprint density at radius 2 is 2.07 bits per heavy atom. The number of amides is 1. The number of nitrogen functional groups attached to an aromatic ring is 1. The van der Waals surface area contributed by atoms with Crippen molar-refractivity contribution in [1.29, 1.82) is 0 Å². The first-order chi connectivity index (χ1) is 13.3. The summed E-state index contributed by atoms with van der Waals surface area (Å²) in [5, 5.41) is 3.73. The number of pyridine rings is 1. The average Bonchev–Trinajstić information content (AvgIpc) is 2.65. The van der Waals surface area contributed by atoms with Crippen LogP contribution in [0.2, 0.25) is 10.0 Å². The van der Waals surface area contributed by atoms with Gasteiger partial charge in [-0.3, -0.25) is 9.59 Å². The largest absolute Gasteiger partial charge is 0.485 e. The zero-order valence-electron chi connectivity index (χ0n) is 15.4. The maximum atomic E-state index is 12.6. The number of nitrogens with one attached hydrogen (secondary N) is 1. The van der Waals surface area contributed by atoms with E-state index in [9.17, 15) is 9.59 Å². The summed E-state index contributed by atoms with van der Waals surface area (Å²) in [6, 6.07) is 6.18. The third-order valence-corrected chi connectivity index (χ3v) is 5.50. The molecule has 3 rings (SSSR count). The van der Waals surface area contributed by atoms with E-state index in [0.29, 0.717) is 34.4 Å². The van der Waals surface area contributed by atoms with Crippen molar-refractivity contribution in [1.82, 2.24) is 10.3 Å². The highest BCUT2D eigenvalue weighted by molar-refractivity contribution is 6.35. The van der Waals surface area contributed by atoms with E-state index in [1.165, 1.54) is 12.3 Å². The summed E-state index contributed by atoms with van der Waals surface area (Å²) in [5.41, 5.74) is 6.74. The van der Waals surface area contributed by atoms with Crippen LogP contribution in [0.1, 0.15) is 42.1 Å². The third-order valence-electron chi connectivity index (χ3n) is 4.79. The van der Waals surface area contributed by atoms with E-state index in [-0.39, 0.29) is 35.4 Å². The number of nitrogens with zero attached hydrogens (tertiary/aromatic N) is 1. The van der Waals surface area contributed by atoms with Crippen molar-refractivity contribution in [2.75, 3.05) is 5.73 Å². The molecule has 0 bridgehead atoms. The van der Waals surface area contributed by atoms with Crippen LogP contribution in [-0.4, -0.2) is 22.7 Å². The number of ether oxygens (including phenoxy) is 1. The molecule has 0 spiro atoms. The van der Waals surface area contributed by atoms with Crippen LogP contribution in [0.3, 0.4) is 0 Å². The number of anilines is 1. The zero-order chi connectivity index (χ0) is 20.3. The lowest BCUT2D eigenvalue weighted by Gasteiger charge is -2.26. The highest BCUT2D eigenvalue weighted by atomic mass is 35.5. The highest BCUT2D eigenvalue weighted by Crippen LogP contribution is 2.28. The van der Waals surface area contributed by atoms with Crippen LogP contribution in [0.25, 0.3) is 0 Å². The summed E-state index contributed by atoms with van der Waals surface area (Å²) in [6.07, 6.45) is 3.34. The predicted octanol–water partition coefficient (Wildman–Crippen LogP) is 4.04. The van der Waals surface area contributed by atoms with E-state index in [0.717, 1.165) is 6.42 Å². The molecule has 1 aliphatic rings. The average molecular weight is 422 g/mol. The van der Waals surface area contributed by atoms with Crippen LogP contribution in [0.5, 0.6) is 5.75 Å². The molecule has 1 fully saturated rings. The second-order valence-corrected chi connectivity index (χ2v) is 7.78. The Bertz CT molecular complexity index is 884. The van der Waals surface area contributed by atoms with Gasteiger partial charge >= 0.3 is 0 Å².